The van der Waals surface area contributed by atoms with Crippen LogP contribution < -0.4 is 20.9 Å². The number of anilines is 2. The molecule has 0 spiro atoms. The summed E-state index contributed by atoms with van der Waals surface area (Å²) in [4.78, 5) is 30.5. The third-order valence-corrected chi connectivity index (χ3v) is 3.19. The van der Waals surface area contributed by atoms with Gasteiger partial charge in [-0.2, -0.15) is 0 Å². The van der Waals surface area contributed by atoms with Gasteiger partial charge in [-0.15, -0.1) is 0 Å². The SMILES string of the molecule is CCCNc1ncnc(NNC(=O)c2ccc(OC)cc2)c1[N+](=O)[O-]. The Balaban J connectivity index is 2.13. The predicted molar refractivity (Wildman–Crippen MR) is 91.6 cm³/mol. The maximum atomic E-state index is 12.1. The average Bonchev–Trinajstić information content (AvgIpc) is 2.64. The number of hydrogen-bond acceptors (Lipinski definition) is 8. The Morgan fingerprint density at radius 1 is 1.24 bits per heavy atom. The Labute approximate surface area is 143 Å². The van der Waals surface area contributed by atoms with Gasteiger partial charge in [-0.25, -0.2) is 9.97 Å². The normalized spacial score (nSPS) is 10.0. The van der Waals surface area contributed by atoms with Gasteiger partial charge in [0.15, 0.2) is 0 Å². The van der Waals surface area contributed by atoms with E-state index in [1.165, 1.54) is 13.4 Å². The maximum absolute atomic E-state index is 12.1. The first-order valence-corrected chi connectivity index (χ1v) is 7.50. The van der Waals surface area contributed by atoms with Gasteiger partial charge in [0.05, 0.1) is 12.0 Å². The molecule has 25 heavy (non-hydrogen) atoms. The lowest BCUT2D eigenvalue weighted by molar-refractivity contribution is -0.383. The molecule has 0 unspecified atom stereocenters. The molecule has 0 saturated heterocycles. The minimum absolute atomic E-state index is 0.0862. The highest BCUT2D eigenvalue weighted by Crippen LogP contribution is 2.28. The second-order valence-corrected chi connectivity index (χ2v) is 4.91. The second kappa shape index (κ2) is 8.43. The number of ether oxygens (including phenoxy) is 1. The number of nitro groups is 1. The van der Waals surface area contributed by atoms with Crippen LogP contribution in [0.1, 0.15) is 23.7 Å². The van der Waals surface area contributed by atoms with Gasteiger partial charge in [-0.1, -0.05) is 6.92 Å². The highest BCUT2D eigenvalue weighted by molar-refractivity contribution is 5.95. The van der Waals surface area contributed by atoms with Crippen LogP contribution in [0.3, 0.4) is 0 Å². The van der Waals surface area contributed by atoms with E-state index in [0.29, 0.717) is 17.9 Å². The molecule has 0 radical (unpaired) electrons. The summed E-state index contributed by atoms with van der Waals surface area (Å²) in [6.07, 6.45) is 1.95. The first-order valence-electron chi connectivity index (χ1n) is 7.50. The van der Waals surface area contributed by atoms with Crippen LogP contribution in [0.4, 0.5) is 17.3 Å². The van der Waals surface area contributed by atoms with E-state index in [0.717, 1.165) is 6.42 Å². The molecule has 0 atom stereocenters. The van der Waals surface area contributed by atoms with E-state index in [1.54, 1.807) is 24.3 Å². The number of nitrogens with one attached hydrogen (secondary N) is 3. The van der Waals surface area contributed by atoms with E-state index in [1.807, 2.05) is 6.92 Å². The number of carbonyl (C=O) groups is 1. The van der Waals surface area contributed by atoms with Gasteiger partial charge in [0.1, 0.15) is 12.1 Å². The fourth-order valence-corrected chi connectivity index (χ4v) is 1.95. The Hall–Kier alpha value is -3.43. The van der Waals surface area contributed by atoms with E-state index in [9.17, 15) is 14.9 Å². The van der Waals surface area contributed by atoms with Crippen LogP contribution in [0.2, 0.25) is 0 Å². The molecular formula is C15H18N6O4. The van der Waals surface area contributed by atoms with Gasteiger partial charge in [-0.3, -0.25) is 25.8 Å². The molecule has 132 valence electrons. The molecule has 1 amide bonds. The first-order chi connectivity index (χ1) is 12.1. The lowest BCUT2D eigenvalue weighted by atomic mass is 10.2. The Morgan fingerprint density at radius 2 is 1.92 bits per heavy atom. The van der Waals surface area contributed by atoms with Crippen LogP contribution in [0.5, 0.6) is 5.75 Å². The van der Waals surface area contributed by atoms with Gasteiger partial charge in [0.2, 0.25) is 11.6 Å². The quantitative estimate of drug-likeness (QED) is 0.488. The lowest BCUT2D eigenvalue weighted by Gasteiger charge is -2.10. The Bertz CT molecular complexity index is 750. The molecule has 2 rings (SSSR count). The number of methoxy groups -OCH3 is 1. The van der Waals surface area contributed by atoms with Crippen LogP contribution in [-0.4, -0.2) is 34.5 Å². The first kappa shape index (κ1) is 17.9. The highest BCUT2D eigenvalue weighted by atomic mass is 16.6. The fourth-order valence-electron chi connectivity index (χ4n) is 1.95. The average molecular weight is 346 g/mol. The molecule has 0 fully saturated rings. The van der Waals surface area contributed by atoms with Crippen molar-refractivity contribution in [3.8, 4) is 5.75 Å². The number of hydrogen-bond donors (Lipinski definition) is 3. The highest BCUT2D eigenvalue weighted by Gasteiger charge is 2.23. The van der Waals surface area contributed by atoms with Crippen molar-refractivity contribution in [2.45, 2.75) is 13.3 Å². The maximum Gasteiger partial charge on any atom is 0.354 e. The van der Waals surface area contributed by atoms with Crippen LogP contribution in [-0.2, 0) is 0 Å². The Morgan fingerprint density at radius 3 is 2.52 bits per heavy atom. The van der Waals surface area contributed by atoms with Gasteiger partial charge < -0.3 is 10.1 Å². The number of rotatable bonds is 8. The Kier molecular flexibility index (Phi) is 6.04. The largest absolute Gasteiger partial charge is 0.497 e. The number of nitrogens with zero attached hydrogens (tertiary/aromatic N) is 3. The van der Waals surface area contributed by atoms with Crippen molar-refractivity contribution in [1.82, 2.24) is 15.4 Å². The zero-order valence-corrected chi connectivity index (χ0v) is 13.8. The third kappa shape index (κ3) is 4.53. The van der Waals surface area contributed by atoms with E-state index in [4.69, 9.17) is 4.74 Å². The van der Waals surface area contributed by atoms with Crippen LogP contribution in [0.25, 0.3) is 0 Å². The van der Waals surface area contributed by atoms with Crippen molar-refractivity contribution >= 4 is 23.2 Å². The summed E-state index contributed by atoms with van der Waals surface area (Å²) in [5.74, 6) is 0.115. The smallest absolute Gasteiger partial charge is 0.354 e. The van der Waals surface area contributed by atoms with E-state index >= 15 is 0 Å². The summed E-state index contributed by atoms with van der Waals surface area (Å²) in [6.45, 7) is 2.45. The molecule has 0 bridgehead atoms. The van der Waals surface area contributed by atoms with Crippen LogP contribution in [0.15, 0.2) is 30.6 Å². The van der Waals surface area contributed by atoms with Crippen molar-refractivity contribution < 1.29 is 14.5 Å². The van der Waals surface area contributed by atoms with Crippen LogP contribution >= 0.6 is 0 Å². The molecule has 10 nitrogen and oxygen atoms in total. The zero-order valence-electron chi connectivity index (χ0n) is 13.8. The van der Waals surface area contributed by atoms with Crippen molar-refractivity contribution in [3.63, 3.8) is 0 Å². The molecule has 2 aromatic rings. The topological polar surface area (TPSA) is 131 Å². The minimum atomic E-state index is -0.611. The zero-order chi connectivity index (χ0) is 18.2. The lowest BCUT2D eigenvalue weighted by Crippen LogP contribution is -2.30. The second-order valence-electron chi connectivity index (χ2n) is 4.91. The van der Waals surface area contributed by atoms with E-state index in [-0.39, 0.29) is 17.3 Å². The monoisotopic (exact) mass is 346 g/mol. The molecule has 1 aromatic carbocycles. The molecule has 3 N–H and O–H groups in total. The fraction of sp³-hybridized carbons (Fsp3) is 0.267. The summed E-state index contributed by atoms with van der Waals surface area (Å²) < 4.78 is 5.02. The number of benzene rings is 1. The summed E-state index contributed by atoms with van der Waals surface area (Å²) >= 11 is 0. The summed E-state index contributed by atoms with van der Waals surface area (Å²) in [6, 6.07) is 6.40. The van der Waals surface area contributed by atoms with Crippen LogP contribution in [0, 0.1) is 10.1 Å². The number of hydrazine groups is 1. The summed E-state index contributed by atoms with van der Waals surface area (Å²) in [7, 11) is 1.52. The van der Waals surface area contributed by atoms with Crippen molar-refractivity contribution in [2.24, 2.45) is 0 Å². The van der Waals surface area contributed by atoms with E-state index < -0.39 is 10.8 Å². The van der Waals surface area contributed by atoms with Crippen molar-refractivity contribution in [3.05, 3.63) is 46.3 Å². The van der Waals surface area contributed by atoms with Gasteiger partial charge in [-0.05, 0) is 30.7 Å². The molecule has 0 aliphatic heterocycles. The molecule has 0 saturated carbocycles. The molecule has 1 heterocycles. The standard InChI is InChI=1S/C15H18N6O4/c1-3-8-16-13-12(21(23)24)14(18-9-17-13)19-20-15(22)10-4-6-11(25-2)7-5-10/h4-7,9H,3,8H2,1-2H3,(H,20,22)(H2,16,17,18,19). The number of carbonyl (C=O) groups excluding carboxylic acids is 1. The van der Waals surface area contributed by atoms with Crippen molar-refractivity contribution in [2.75, 3.05) is 24.4 Å². The summed E-state index contributed by atoms with van der Waals surface area (Å²) in [5, 5.41) is 14.2. The van der Waals surface area contributed by atoms with E-state index in [2.05, 4.69) is 26.1 Å². The molecule has 0 aliphatic rings. The molecule has 0 aliphatic carbocycles. The number of amides is 1. The number of aromatic nitrogens is 2. The van der Waals surface area contributed by atoms with Gasteiger partial charge in [0, 0.05) is 12.1 Å². The minimum Gasteiger partial charge on any atom is -0.497 e. The van der Waals surface area contributed by atoms with Crippen molar-refractivity contribution in [1.29, 1.82) is 0 Å². The molecule has 10 heteroatoms. The molecular weight excluding hydrogens is 328 g/mol. The van der Waals surface area contributed by atoms with Gasteiger partial charge >= 0.3 is 5.69 Å². The third-order valence-electron chi connectivity index (χ3n) is 3.19. The molecule has 1 aromatic heterocycles. The van der Waals surface area contributed by atoms with Gasteiger partial charge in [0.25, 0.3) is 5.91 Å². The summed E-state index contributed by atoms with van der Waals surface area (Å²) in [5.41, 5.74) is 4.87. The predicted octanol–water partition coefficient (Wildman–Crippen LogP) is 1.97.